The fraction of sp³-hybridized carbons (Fsp3) is 0.875. The molecule has 0 aromatic rings. The van der Waals surface area contributed by atoms with Gasteiger partial charge < -0.3 is 18.9 Å². The van der Waals surface area contributed by atoms with Crippen molar-refractivity contribution in [1.82, 2.24) is 0 Å². The highest BCUT2D eigenvalue weighted by atomic mass is 31.2. The fourth-order valence-corrected chi connectivity index (χ4v) is 2.31. The third kappa shape index (κ3) is 3.57. The Balaban J connectivity index is 4.66. The van der Waals surface area contributed by atoms with Gasteiger partial charge in [-0.15, -0.1) is 0 Å². The Morgan fingerprint density at radius 1 is 1.40 bits per heavy atom. The summed E-state index contributed by atoms with van der Waals surface area (Å²) < 4.78 is 25.7. The van der Waals surface area contributed by atoms with E-state index in [9.17, 15) is 14.5 Å². The number of carbonyl (C=O) groups is 1. The van der Waals surface area contributed by atoms with Gasteiger partial charge in [0, 0.05) is 14.2 Å². The third-order valence-corrected chi connectivity index (χ3v) is 4.15. The molecule has 0 aliphatic carbocycles. The molecule has 1 atom stereocenters. The summed E-state index contributed by atoms with van der Waals surface area (Å²) in [6, 6.07) is 0. The van der Waals surface area contributed by atoms with Crippen LogP contribution in [0.25, 0.3) is 0 Å². The van der Waals surface area contributed by atoms with Crippen molar-refractivity contribution in [3.05, 3.63) is 0 Å². The molecule has 0 bridgehead atoms. The second-order valence-electron chi connectivity index (χ2n) is 3.06. The largest absolute Gasteiger partial charge is 0.466 e. The molecule has 0 heterocycles. The van der Waals surface area contributed by atoms with Crippen LogP contribution in [0.5, 0.6) is 0 Å². The van der Waals surface area contributed by atoms with Gasteiger partial charge in [0.2, 0.25) is 0 Å². The summed E-state index contributed by atoms with van der Waals surface area (Å²) in [6.07, 6.45) is -0.445. The standard InChI is InChI=1S/C8H17O6P/c1-5-14-7(9)6-8(2,10)15(11,12-3)13-4/h10H,5-6H2,1-4H3/t8-/m1/s1. The SMILES string of the molecule is CCOC(=O)C[C@](C)(O)P(=O)(OC)OC. The lowest BCUT2D eigenvalue weighted by Gasteiger charge is -2.28. The van der Waals surface area contributed by atoms with Crippen molar-refractivity contribution in [1.29, 1.82) is 0 Å². The van der Waals surface area contributed by atoms with Gasteiger partial charge in [-0.3, -0.25) is 9.36 Å². The van der Waals surface area contributed by atoms with E-state index in [0.717, 1.165) is 14.2 Å². The van der Waals surface area contributed by atoms with Gasteiger partial charge in [0.25, 0.3) is 0 Å². The molecule has 0 saturated carbocycles. The van der Waals surface area contributed by atoms with Crippen LogP contribution in [0, 0.1) is 0 Å². The van der Waals surface area contributed by atoms with Gasteiger partial charge in [-0.25, -0.2) is 0 Å². The third-order valence-electron chi connectivity index (χ3n) is 1.86. The average molecular weight is 240 g/mol. The molecule has 0 aliphatic rings. The smallest absolute Gasteiger partial charge is 0.361 e. The second kappa shape index (κ2) is 5.61. The number of hydrogen-bond acceptors (Lipinski definition) is 6. The molecule has 15 heavy (non-hydrogen) atoms. The lowest BCUT2D eigenvalue weighted by molar-refractivity contribution is -0.146. The summed E-state index contributed by atoms with van der Waals surface area (Å²) in [5.74, 6) is -0.656. The quantitative estimate of drug-likeness (QED) is 0.553. The number of aliphatic hydroxyl groups is 1. The molecule has 0 rings (SSSR count). The summed E-state index contributed by atoms with van der Waals surface area (Å²) in [4.78, 5) is 11.1. The zero-order valence-corrected chi connectivity index (χ0v) is 10.2. The Bertz CT molecular complexity index is 254. The Morgan fingerprint density at radius 3 is 2.20 bits per heavy atom. The zero-order valence-electron chi connectivity index (χ0n) is 9.35. The zero-order chi connectivity index (χ0) is 12.1. The van der Waals surface area contributed by atoms with Crippen LogP contribution in [0.2, 0.25) is 0 Å². The number of carbonyl (C=O) groups excluding carboxylic acids is 1. The van der Waals surface area contributed by atoms with Crippen LogP contribution in [-0.4, -0.2) is 37.2 Å². The van der Waals surface area contributed by atoms with Gasteiger partial charge in [-0.2, -0.15) is 0 Å². The molecule has 7 heteroatoms. The summed E-state index contributed by atoms with van der Waals surface area (Å²) >= 11 is 0. The lowest BCUT2D eigenvalue weighted by Crippen LogP contribution is -2.30. The van der Waals surface area contributed by atoms with Crippen molar-refractivity contribution >= 4 is 13.6 Å². The summed E-state index contributed by atoms with van der Waals surface area (Å²) in [5.41, 5.74) is 0. The molecule has 0 aromatic heterocycles. The molecule has 0 aliphatic heterocycles. The molecule has 0 radical (unpaired) electrons. The van der Waals surface area contributed by atoms with E-state index in [-0.39, 0.29) is 6.61 Å². The number of rotatable bonds is 6. The van der Waals surface area contributed by atoms with Crippen LogP contribution >= 0.6 is 7.60 Å². The van der Waals surface area contributed by atoms with E-state index < -0.39 is 25.3 Å². The van der Waals surface area contributed by atoms with Crippen LogP contribution in [0.15, 0.2) is 0 Å². The maximum Gasteiger partial charge on any atom is 0.361 e. The van der Waals surface area contributed by atoms with Gasteiger partial charge in [-0.05, 0) is 13.8 Å². The van der Waals surface area contributed by atoms with E-state index in [1.54, 1.807) is 6.92 Å². The molecule has 0 spiro atoms. The summed E-state index contributed by atoms with van der Waals surface area (Å²) in [5, 5.41) is 7.93. The van der Waals surface area contributed by atoms with Crippen molar-refractivity contribution < 1.29 is 28.3 Å². The van der Waals surface area contributed by atoms with E-state index >= 15 is 0 Å². The highest BCUT2D eigenvalue weighted by Crippen LogP contribution is 2.58. The van der Waals surface area contributed by atoms with Gasteiger partial charge in [0.05, 0.1) is 13.0 Å². The second-order valence-corrected chi connectivity index (χ2v) is 5.75. The Hall–Kier alpha value is -0.420. The molecule has 90 valence electrons. The van der Waals surface area contributed by atoms with E-state index in [0.29, 0.717) is 0 Å². The van der Waals surface area contributed by atoms with Crippen molar-refractivity contribution in [3.63, 3.8) is 0 Å². The van der Waals surface area contributed by atoms with Crippen LogP contribution < -0.4 is 0 Å². The fourth-order valence-electron chi connectivity index (χ4n) is 1.05. The summed E-state index contributed by atoms with van der Waals surface area (Å²) in [6.45, 7) is 3.04. The Labute approximate surface area is 89.1 Å². The molecule has 0 fully saturated rings. The molecular weight excluding hydrogens is 223 g/mol. The minimum atomic E-state index is -3.71. The molecule has 0 amide bonds. The molecular formula is C8H17O6P. The van der Waals surface area contributed by atoms with Crippen molar-refractivity contribution in [2.24, 2.45) is 0 Å². The minimum Gasteiger partial charge on any atom is -0.466 e. The first kappa shape index (κ1) is 14.6. The molecule has 6 nitrogen and oxygen atoms in total. The minimum absolute atomic E-state index is 0.194. The molecule has 1 N–H and O–H groups in total. The van der Waals surface area contributed by atoms with Crippen molar-refractivity contribution in [2.75, 3.05) is 20.8 Å². The van der Waals surface area contributed by atoms with Crippen LogP contribution in [-0.2, 0) is 23.1 Å². The maximum atomic E-state index is 11.8. The van der Waals surface area contributed by atoms with Gasteiger partial charge >= 0.3 is 13.6 Å². The van der Waals surface area contributed by atoms with Crippen LogP contribution in [0.3, 0.4) is 0 Å². The number of esters is 1. The monoisotopic (exact) mass is 240 g/mol. The predicted octanol–water partition coefficient (Wildman–Crippen LogP) is 1.13. The van der Waals surface area contributed by atoms with Gasteiger partial charge in [-0.1, -0.05) is 0 Å². The highest BCUT2D eigenvalue weighted by Gasteiger charge is 2.46. The first-order valence-corrected chi connectivity index (χ1v) is 5.97. The normalized spacial score (nSPS) is 15.8. The van der Waals surface area contributed by atoms with E-state index in [2.05, 4.69) is 13.8 Å². The summed E-state index contributed by atoms with van der Waals surface area (Å²) in [7, 11) is -1.42. The first-order chi connectivity index (χ1) is 6.83. The van der Waals surface area contributed by atoms with Crippen molar-refractivity contribution in [3.8, 4) is 0 Å². The molecule has 0 saturated heterocycles. The highest BCUT2D eigenvalue weighted by molar-refractivity contribution is 7.55. The van der Waals surface area contributed by atoms with E-state index in [1.807, 2.05) is 0 Å². The van der Waals surface area contributed by atoms with Gasteiger partial charge in [0.15, 0.2) is 5.34 Å². The van der Waals surface area contributed by atoms with Crippen LogP contribution in [0.4, 0.5) is 0 Å². The topological polar surface area (TPSA) is 82.1 Å². The van der Waals surface area contributed by atoms with E-state index in [4.69, 9.17) is 0 Å². The average Bonchev–Trinajstić information content (AvgIpc) is 2.15. The van der Waals surface area contributed by atoms with Gasteiger partial charge in [0.1, 0.15) is 0 Å². The molecule has 0 aromatic carbocycles. The first-order valence-electron chi connectivity index (χ1n) is 4.42. The van der Waals surface area contributed by atoms with Crippen LogP contribution in [0.1, 0.15) is 20.3 Å². The van der Waals surface area contributed by atoms with E-state index in [1.165, 1.54) is 6.92 Å². The number of ether oxygens (including phenoxy) is 1. The number of hydrogen-bond donors (Lipinski definition) is 1. The van der Waals surface area contributed by atoms with Crippen molar-refractivity contribution in [2.45, 2.75) is 25.6 Å². The molecule has 0 unspecified atom stereocenters. The predicted molar refractivity (Wildman–Crippen MR) is 53.5 cm³/mol. The lowest BCUT2D eigenvalue weighted by atomic mass is 10.3. The Morgan fingerprint density at radius 2 is 1.87 bits per heavy atom. The Kier molecular flexibility index (Phi) is 5.45. The maximum absolute atomic E-state index is 11.8.